The van der Waals surface area contributed by atoms with E-state index in [2.05, 4.69) is 58.9 Å². The molecule has 16 heavy (non-hydrogen) atoms. The van der Waals surface area contributed by atoms with Gasteiger partial charge in [-0.25, -0.2) is 9.97 Å². The zero-order chi connectivity index (χ0) is 12.2. The average Bonchev–Trinajstić information content (AvgIpc) is 2.19. The van der Waals surface area contributed by atoms with Crippen molar-refractivity contribution in [1.82, 2.24) is 15.3 Å². The van der Waals surface area contributed by atoms with E-state index in [1.54, 1.807) is 12.4 Å². The monoisotopic (exact) mass is 285 g/mol. The lowest BCUT2D eigenvalue weighted by Crippen LogP contribution is -2.42. The molecule has 90 valence electrons. The van der Waals surface area contributed by atoms with E-state index in [0.717, 1.165) is 23.3 Å². The molecule has 0 fully saturated rings. The quantitative estimate of drug-likeness (QED) is 0.925. The molecule has 1 atom stereocenters. The van der Waals surface area contributed by atoms with E-state index >= 15 is 0 Å². The Morgan fingerprint density at radius 2 is 1.88 bits per heavy atom. The number of nitrogens with one attached hydrogen (secondary N) is 1. The van der Waals surface area contributed by atoms with Crippen LogP contribution in [0.2, 0.25) is 0 Å². The van der Waals surface area contributed by atoms with Crippen molar-refractivity contribution in [3.05, 3.63) is 22.7 Å². The molecule has 1 aromatic rings. The highest BCUT2D eigenvalue weighted by Gasteiger charge is 2.24. The van der Waals surface area contributed by atoms with Gasteiger partial charge in [0.1, 0.15) is 5.82 Å². The largest absolute Gasteiger partial charge is 0.313 e. The molecule has 0 radical (unpaired) electrons. The van der Waals surface area contributed by atoms with Gasteiger partial charge in [0.25, 0.3) is 0 Å². The summed E-state index contributed by atoms with van der Waals surface area (Å²) in [5.41, 5.74) is 0.215. The highest BCUT2D eigenvalue weighted by Crippen LogP contribution is 2.21. The van der Waals surface area contributed by atoms with Gasteiger partial charge in [-0.15, -0.1) is 0 Å². The molecule has 4 heteroatoms. The second kappa shape index (κ2) is 5.73. The number of rotatable bonds is 4. The second-order valence-corrected chi connectivity index (χ2v) is 5.91. The summed E-state index contributed by atoms with van der Waals surface area (Å²) in [5.74, 6) is 0.893. The van der Waals surface area contributed by atoms with Crippen LogP contribution in [0.1, 0.15) is 33.5 Å². The maximum Gasteiger partial charge on any atom is 0.129 e. The molecule has 0 aromatic carbocycles. The van der Waals surface area contributed by atoms with Crippen LogP contribution in [0, 0.1) is 5.41 Å². The van der Waals surface area contributed by atoms with E-state index in [-0.39, 0.29) is 5.41 Å². The molecule has 1 heterocycles. The predicted octanol–water partition coefficient (Wildman–Crippen LogP) is 2.81. The zero-order valence-corrected chi connectivity index (χ0v) is 12.0. The molecule has 0 aliphatic carbocycles. The van der Waals surface area contributed by atoms with Gasteiger partial charge in [0.15, 0.2) is 0 Å². The summed E-state index contributed by atoms with van der Waals surface area (Å²) >= 11 is 3.34. The van der Waals surface area contributed by atoms with E-state index in [1.165, 1.54) is 0 Å². The summed E-state index contributed by atoms with van der Waals surface area (Å²) in [6.45, 7) is 9.80. The third kappa shape index (κ3) is 4.18. The van der Waals surface area contributed by atoms with Crippen molar-refractivity contribution in [3.8, 4) is 0 Å². The van der Waals surface area contributed by atoms with Crippen LogP contribution in [0.4, 0.5) is 0 Å². The second-order valence-electron chi connectivity index (χ2n) is 5.00. The van der Waals surface area contributed by atoms with Gasteiger partial charge in [0, 0.05) is 24.9 Å². The number of aromatic nitrogens is 2. The molecule has 0 saturated heterocycles. The molecule has 0 spiro atoms. The SMILES string of the molecule is CCNC(Cc1ncc(Br)cn1)C(C)(C)C. The fourth-order valence-electron chi connectivity index (χ4n) is 1.56. The number of likely N-dealkylation sites (N-methyl/N-ethyl adjacent to an activating group) is 1. The summed E-state index contributed by atoms with van der Waals surface area (Å²) in [7, 11) is 0. The lowest BCUT2D eigenvalue weighted by Gasteiger charge is -2.30. The van der Waals surface area contributed by atoms with Crippen molar-refractivity contribution >= 4 is 15.9 Å². The molecule has 0 saturated carbocycles. The number of nitrogens with zero attached hydrogens (tertiary/aromatic N) is 2. The molecular weight excluding hydrogens is 266 g/mol. The Bertz CT molecular complexity index is 316. The van der Waals surface area contributed by atoms with Crippen molar-refractivity contribution in [1.29, 1.82) is 0 Å². The lowest BCUT2D eigenvalue weighted by atomic mass is 9.84. The molecule has 3 nitrogen and oxygen atoms in total. The summed E-state index contributed by atoms with van der Waals surface area (Å²) in [5, 5.41) is 3.49. The lowest BCUT2D eigenvalue weighted by molar-refractivity contribution is 0.267. The van der Waals surface area contributed by atoms with Crippen molar-refractivity contribution in [2.45, 2.75) is 40.2 Å². The van der Waals surface area contributed by atoms with Gasteiger partial charge < -0.3 is 5.32 Å². The Morgan fingerprint density at radius 1 is 1.31 bits per heavy atom. The van der Waals surface area contributed by atoms with Crippen molar-refractivity contribution in [3.63, 3.8) is 0 Å². The molecule has 0 aliphatic heterocycles. The molecule has 1 rings (SSSR count). The third-order valence-corrected chi connectivity index (χ3v) is 2.97. The molecule has 1 unspecified atom stereocenters. The Morgan fingerprint density at radius 3 is 2.31 bits per heavy atom. The zero-order valence-electron chi connectivity index (χ0n) is 10.4. The maximum absolute atomic E-state index is 4.32. The number of hydrogen-bond acceptors (Lipinski definition) is 3. The summed E-state index contributed by atoms with van der Waals surface area (Å²) in [4.78, 5) is 8.63. The summed E-state index contributed by atoms with van der Waals surface area (Å²) in [6, 6.07) is 0.402. The highest BCUT2D eigenvalue weighted by molar-refractivity contribution is 9.10. The predicted molar refractivity (Wildman–Crippen MR) is 70.4 cm³/mol. The van der Waals surface area contributed by atoms with Crippen LogP contribution in [-0.4, -0.2) is 22.6 Å². The first-order chi connectivity index (χ1) is 7.43. The van der Waals surface area contributed by atoms with Gasteiger partial charge in [0.2, 0.25) is 0 Å². The first kappa shape index (κ1) is 13.6. The Hall–Kier alpha value is -0.480. The van der Waals surface area contributed by atoms with E-state index in [1.807, 2.05) is 0 Å². The molecule has 0 aliphatic rings. The van der Waals surface area contributed by atoms with E-state index in [0.29, 0.717) is 6.04 Å². The van der Waals surface area contributed by atoms with E-state index < -0.39 is 0 Å². The smallest absolute Gasteiger partial charge is 0.129 e. The fraction of sp³-hybridized carbons (Fsp3) is 0.667. The molecular formula is C12H20BrN3. The normalized spacial score (nSPS) is 13.8. The third-order valence-electron chi connectivity index (χ3n) is 2.56. The Kier molecular flexibility index (Phi) is 4.87. The van der Waals surface area contributed by atoms with Gasteiger partial charge >= 0.3 is 0 Å². The molecule has 0 amide bonds. The Labute approximate surface area is 106 Å². The van der Waals surface area contributed by atoms with Crippen molar-refractivity contribution in [2.75, 3.05) is 6.54 Å². The van der Waals surface area contributed by atoms with Gasteiger partial charge in [-0.1, -0.05) is 27.7 Å². The van der Waals surface area contributed by atoms with Crippen molar-refractivity contribution in [2.24, 2.45) is 5.41 Å². The van der Waals surface area contributed by atoms with Gasteiger partial charge in [-0.05, 0) is 27.9 Å². The van der Waals surface area contributed by atoms with Gasteiger partial charge in [-0.3, -0.25) is 0 Å². The first-order valence-corrected chi connectivity index (χ1v) is 6.42. The van der Waals surface area contributed by atoms with Crippen LogP contribution in [0.15, 0.2) is 16.9 Å². The maximum atomic E-state index is 4.32. The average molecular weight is 286 g/mol. The molecule has 1 aromatic heterocycles. The van der Waals surface area contributed by atoms with Crippen LogP contribution >= 0.6 is 15.9 Å². The topological polar surface area (TPSA) is 37.8 Å². The van der Waals surface area contributed by atoms with Gasteiger partial charge in [0.05, 0.1) is 4.47 Å². The number of hydrogen-bond donors (Lipinski definition) is 1. The van der Waals surface area contributed by atoms with Crippen LogP contribution in [0.25, 0.3) is 0 Å². The molecule has 0 bridgehead atoms. The van der Waals surface area contributed by atoms with Crippen molar-refractivity contribution < 1.29 is 0 Å². The fourth-order valence-corrected chi connectivity index (χ4v) is 1.76. The van der Waals surface area contributed by atoms with E-state index in [4.69, 9.17) is 0 Å². The minimum absolute atomic E-state index is 0.215. The minimum atomic E-state index is 0.215. The first-order valence-electron chi connectivity index (χ1n) is 5.63. The van der Waals surface area contributed by atoms with Crippen LogP contribution in [0.5, 0.6) is 0 Å². The molecule has 1 N–H and O–H groups in total. The number of halogens is 1. The van der Waals surface area contributed by atoms with Gasteiger partial charge in [-0.2, -0.15) is 0 Å². The van der Waals surface area contributed by atoms with Crippen LogP contribution in [0.3, 0.4) is 0 Å². The van der Waals surface area contributed by atoms with Crippen LogP contribution < -0.4 is 5.32 Å². The standard InChI is InChI=1S/C12H20BrN3/c1-5-14-10(12(2,3)4)6-11-15-7-9(13)8-16-11/h7-8,10,14H,5-6H2,1-4H3. The van der Waals surface area contributed by atoms with E-state index in [9.17, 15) is 0 Å². The minimum Gasteiger partial charge on any atom is -0.313 e. The summed E-state index contributed by atoms with van der Waals surface area (Å²) < 4.78 is 0.923. The highest BCUT2D eigenvalue weighted by atomic mass is 79.9. The van der Waals surface area contributed by atoms with Crippen LogP contribution in [-0.2, 0) is 6.42 Å². The Balaban J connectivity index is 2.72. The summed E-state index contributed by atoms with van der Waals surface area (Å²) in [6.07, 6.45) is 4.46.